The van der Waals surface area contributed by atoms with Gasteiger partial charge in [-0.15, -0.1) is 0 Å². The maximum atomic E-state index is 11.2. The third-order valence-electron chi connectivity index (χ3n) is 3.10. The highest BCUT2D eigenvalue weighted by Crippen LogP contribution is 2.21. The highest BCUT2D eigenvalue weighted by Gasteiger charge is 2.27. The Kier molecular flexibility index (Phi) is 4.21. The van der Waals surface area contributed by atoms with Crippen molar-refractivity contribution in [3.8, 4) is 0 Å². The lowest BCUT2D eigenvalue weighted by Gasteiger charge is -2.23. The second-order valence-electron chi connectivity index (χ2n) is 4.59. The minimum Gasteiger partial charge on any atom is -0.295 e. The molecule has 2 N–H and O–H groups in total. The molecule has 0 bridgehead atoms. The van der Waals surface area contributed by atoms with E-state index in [1.165, 1.54) is 0 Å². The zero-order valence-electron chi connectivity index (χ0n) is 9.92. The lowest BCUT2D eigenvalue weighted by Crippen LogP contribution is -2.36. The molecule has 7 heteroatoms. The fraction of sp³-hybridized carbons (Fsp3) is 0.545. The second-order valence-corrected chi connectivity index (χ2v) is 6.63. The average Bonchev–Trinajstić information content (AvgIpc) is 2.67. The lowest BCUT2D eigenvalue weighted by atomic mass is 10.2. The fourth-order valence-corrected chi connectivity index (χ4v) is 3.32. The number of hydrogen-bond acceptors (Lipinski definition) is 4. The van der Waals surface area contributed by atoms with Crippen LogP contribution in [-0.4, -0.2) is 36.6 Å². The van der Waals surface area contributed by atoms with Gasteiger partial charge in [-0.3, -0.25) is 4.90 Å². The van der Waals surface area contributed by atoms with E-state index in [-0.39, 0.29) is 11.8 Å². The van der Waals surface area contributed by atoms with Crippen LogP contribution in [0.2, 0.25) is 5.15 Å². The highest BCUT2D eigenvalue weighted by molar-refractivity contribution is 7.89. The summed E-state index contributed by atoms with van der Waals surface area (Å²) in [5.41, 5.74) is 1.03. The SMILES string of the molecule is NS(=O)(=O)C[C@H]1CCCN1Cc1ccc(Cl)nc1. The van der Waals surface area contributed by atoms with E-state index in [0.29, 0.717) is 11.7 Å². The molecule has 1 saturated heterocycles. The molecular formula is C11H16ClN3O2S. The topological polar surface area (TPSA) is 76.3 Å². The molecule has 0 amide bonds. The third-order valence-corrected chi connectivity index (χ3v) is 4.17. The highest BCUT2D eigenvalue weighted by atomic mass is 35.5. The van der Waals surface area contributed by atoms with Crippen LogP contribution in [-0.2, 0) is 16.6 Å². The first-order chi connectivity index (χ1) is 8.44. The summed E-state index contributed by atoms with van der Waals surface area (Å²) in [4.78, 5) is 6.15. The summed E-state index contributed by atoms with van der Waals surface area (Å²) in [5, 5.41) is 5.57. The standard InChI is InChI=1S/C11H16ClN3O2S/c12-11-4-3-9(6-14-11)7-15-5-1-2-10(15)8-18(13,16)17/h3-4,6,10H,1-2,5,7-8H2,(H2,13,16,17)/t10-/m1/s1. The molecule has 1 aromatic heterocycles. The third kappa shape index (κ3) is 3.91. The van der Waals surface area contributed by atoms with Crippen LogP contribution in [0.4, 0.5) is 0 Å². The Hall–Kier alpha value is -0.690. The summed E-state index contributed by atoms with van der Waals surface area (Å²) in [6.45, 7) is 1.58. The van der Waals surface area contributed by atoms with Crippen LogP contribution in [0.3, 0.4) is 0 Å². The number of sulfonamides is 1. The quantitative estimate of drug-likeness (QED) is 0.839. The zero-order valence-corrected chi connectivity index (χ0v) is 11.5. The number of likely N-dealkylation sites (tertiary alicyclic amines) is 1. The Balaban J connectivity index is 2.01. The van der Waals surface area contributed by atoms with Gasteiger partial charge in [0, 0.05) is 18.8 Å². The first-order valence-electron chi connectivity index (χ1n) is 5.79. The van der Waals surface area contributed by atoms with Crippen molar-refractivity contribution in [1.29, 1.82) is 0 Å². The first kappa shape index (κ1) is 13.7. The molecule has 2 heterocycles. The van der Waals surface area contributed by atoms with Crippen LogP contribution in [0.1, 0.15) is 18.4 Å². The molecule has 1 aliphatic rings. The van der Waals surface area contributed by atoms with Gasteiger partial charge in [-0.1, -0.05) is 17.7 Å². The molecule has 0 aliphatic carbocycles. The lowest BCUT2D eigenvalue weighted by molar-refractivity contribution is 0.261. The summed E-state index contributed by atoms with van der Waals surface area (Å²) in [5.74, 6) is 0.0218. The Morgan fingerprint density at radius 3 is 2.89 bits per heavy atom. The number of hydrogen-bond donors (Lipinski definition) is 1. The summed E-state index contributed by atoms with van der Waals surface area (Å²) in [6.07, 6.45) is 3.59. The molecule has 0 aromatic carbocycles. The van der Waals surface area contributed by atoms with Gasteiger partial charge >= 0.3 is 0 Å². The summed E-state index contributed by atoms with van der Waals surface area (Å²) < 4.78 is 22.3. The Labute approximate surface area is 112 Å². The minimum atomic E-state index is -3.42. The van der Waals surface area contributed by atoms with Crippen molar-refractivity contribution in [3.05, 3.63) is 29.0 Å². The predicted octanol–water partition coefficient (Wildman–Crippen LogP) is 0.988. The Morgan fingerprint density at radius 1 is 1.50 bits per heavy atom. The van der Waals surface area contributed by atoms with E-state index in [1.807, 2.05) is 6.07 Å². The van der Waals surface area contributed by atoms with Crippen molar-refractivity contribution in [2.75, 3.05) is 12.3 Å². The van der Waals surface area contributed by atoms with Crippen molar-refractivity contribution in [3.63, 3.8) is 0 Å². The van der Waals surface area contributed by atoms with Gasteiger partial charge in [-0.2, -0.15) is 0 Å². The molecule has 5 nitrogen and oxygen atoms in total. The number of nitrogens with zero attached hydrogens (tertiary/aromatic N) is 2. The number of pyridine rings is 1. The van der Waals surface area contributed by atoms with E-state index in [1.54, 1.807) is 12.3 Å². The van der Waals surface area contributed by atoms with Crippen LogP contribution in [0.15, 0.2) is 18.3 Å². The van der Waals surface area contributed by atoms with Gasteiger partial charge in [0.1, 0.15) is 5.15 Å². The van der Waals surface area contributed by atoms with Crippen molar-refractivity contribution < 1.29 is 8.42 Å². The molecule has 2 rings (SSSR count). The zero-order chi connectivity index (χ0) is 13.2. The van der Waals surface area contributed by atoms with Gasteiger partial charge in [-0.05, 0) is 31.0 Å². The maximum Gasteiger partial charge on any atom is 0.210 e. The normalized spacial score (nSPS) is 21.3. The van der Waals surface area contributed by atoms with Crippen molar-refractivity contribution in [2.45, 2.75) is 25.4 Å². The molecule has 100 valence electrons. The van der Waals surface area contributed by atoms with E-state index >= 15 is 0 Å². The molecule has 1 aromatic rings. The molecule has 18 heavy (non-hydrogen) atoms. The molecule has 0 radical (unpaired) electrons. The monoisotopic (exact) mass is 289 g/mol. The molecule has 1 atom stereocenters. The number of halogens is 1. The van der Waals surface area contributed by atoms with E-state index in [9.17, 15) is 8.42 Å². The largest absolute Gasteiger partial charge is 0.295 e. The van der Waals surface area contributed by atoms with Crippen LogP contribution >= 0.6 is 11.6 Å². The van der Waals surface area contributed by atoms with Crippen molar-refractivity contribution in [1.82, 2.24) is 9.88 Å². The Bertz CT molecular complexity index is 504. The summed E-state index contributed by atoms with van der Waals surface area (Å²) in [6, 6.07) is 3.65. The van der Waals surface area contributed by atoms with Gasteiger partial charge in [0.25, 0.3) is 0 Å². The predicted molar refractivity (Wildman–Crippen MR) is 70.7 cm³/mol. The number of aromatic nitrogens is 1. The molecule has 1 aliphatic heterocycles. The van der Waals surface area contributed by atoms with Crippen LogP contribution in [0.25, 0.3) is 0 Å². The van der Waals surface area contributed by atoms with Gasteiger partial charge in [-0.25, -0.2) is 18.5 Å². The molecule has 1 fully saturated rings. The van der Waals surface area contributed by atoms with Gasteiger partial charge < -0.3 is 0 Å². The van der Waals surface area contributed by atoms with E-state index in [2.05, 4.69) is 9.88 Å². The summed E-state index contributed by atoms with van der Waals surface area (Å²) in [7, 11) is -3.42. The smallest absolute Gasteiger partial charge is 0.210 e. The van der Waals surface area contributed by atoms with Gasteiger partial charge in [0.05, 0.1) is 5.75 Å². The number of nitrogens with two attached hydrogens (primary N) is 1. The van der Waals surface area contributed by atoms with Crippen molar-refractivity contribution in [2.24, 2.45) is 5.14 Å². The van der Waals surface area contributed by atoms with Crippen molar-refractivity contribution >= 4 is 21.6 Å². The van der Waals surface area contributed by atoms with Crippen LogP contribution in [0.5, 0.6) is 0 Å². The van der Waals surface area contributed by atoms with Crippen LogP contribution in [0, 0.1) is 0 Å². The van der Waals surface area contributed by atoms with E-state index < -0.39 is 10.0 Å². The van der Waals surface area contributed by atoms with E-state index in [4.69, 9.17) is 16.7 Å². The summed E-state index contributed by atoms with van der Waals surface area (Å²) >= 11 is 5.72. The number of rotatable bonds is 4. The Morgan fingerprint density at radius 2 is 2.28 bits per heavy atom. The van der Waals surface area contributed by atoms with Crippen LogP contribution < -0.4 is 5.14 Å². The van der Waals surface area contributed by atoms with Gasteiger partial charge in [0.2, 0.25) is 10.0 Å². The second kappa shape index (κ2) is 5.52. The first-order valence-corrected chi connectivity index (χ1v) is 7.88. The molecular weight excluding hydrogens is 274 g/mol. The van der Waals surface area contributed by atoms with Gasteiger partial charge in [0.15, 0.2) is 0 Å². The molecule has 0 unspecified atom stereocenters. The molecule has 0 spiro atoms. The number of primary sulfonamides is 1. The average molecular weight is 290 g/mol. The molecule has 0 saturated carbocycles. The maximum absolute atomic E-state index is 11.2. The fourth-order valence-electron chi connectivity index (χ4n) is 2.29. The minimum absolute atomic E-state index is 0.00989. The van der Waals surface area contributed by atoms with E-state index in [0.717, 1.165) is 24.9 Å².